The Bertz CT molecular complexity index is 494. The summed E-state index contributed by atoms with van der Waals surface area (Å²) >= 11 is 0. The zero-order valence-electron chi connectivity index (χ0n) is 12.0. The average molecular weight is 279 g/mol. The van der Waals surface area contributed by atoms with Crippen molar-refractivity contribution in [3.05, 3.63) is 18.1 Å². The van der Waals surface area contributed by atoms with Gasteiger partial charge in [0, 0.05) is 24.3 Å². The largest absolute Gasteiger partial charge is 0.396 e. The van der Waals surface area contributed by atoms with Gasteiger partial charge in [0.15, 0.2) is 5.79 Å². The van der Waals surface area contributed by atoms with Gasteiger partial charge < -0.3 is 19.9 Å². The van der Waals surface area contributed by atoms with E-state index < -0.39 is 5.79 Å². The summed E-state index contributed by atoms with van der Waals surface area (Å²) < 4.78 is 11.9. The molecule has 0 radical (unpaired) electrons. The monoisotopic (exact) mass is 279 g/mol. The van der Waals surface area contributed by atoms with Crippen molar-refractivity contribution in [3.63, 3.8) is 0 Å². The zero-order chi connectivity index (χ0) is 14.3. The van der Waals surface area contributed by atoms with Crippen LogP contribution in [0.2, 0.25) is 0 Å². The summed E-state index contributed by atoms with van der Waals surface area (Å²) in [6.07, 6.45) is 2.24. The van der Waals surface area contributed by atoms with E-state index in [1.54, 1.807) is 6.33 Å². The highest BCUT2D eigenvalue weighted by Crippen LogP contribution is 2.42. The standard InChI is InChI=1S/C14H21N3O3/c1-8-4-11(16-7-15-8)17-10-5-9(6-18)12-13(10)20-14(2,3)19-12/h4,7,9-10,12-13,18H,5-6H2,1-3H3,(H,15,16,17)/t9-,10-,12-,13+/m1/s1. The van der Waals surface area contributed by atoms with E-state index in [2.05, 4.69) is 15.3 Å². The highest BCUT2D eigenvalue weighted by atomic mass is 16.8. The molecule has 110 valence electrons. The SMILES string of the molecule is Cc1cc(N[C@@H]2C[C@H](CO)[C@H]3OC(C)(C)O[C@H]32)ncn1. The molecule has 1 aliphatic carbocycles. The molecule has 1 aromatic rings. The number of hydrogen-bond donors (Lipinski definition) is 2. The van der Waals surface area contributed by atoms with E-state index >= 15 is 0 Å². The summed E-state index contributed by atoms with van der Waals surface area (Å²) in [5.41, 5.74) is 0.916. The van der Waals surface area contributed by atoms with Crippen LogP contribution in [0.1, 0.15) is 26.0 Å². The number of ether oxygens (including phenoxy) is 2. The molecule has 2 heterocycles. The fraction of sp³-hybridized carbons (Fsp3) is 0.714. The molecule has 0 bridgehead atoms. The molecule has 2 fully saturated rings. The van der Waals surface area contributed by atoms with Gasteiger partial charge in [0.1, 0.15) is 18.2 Å². The molecule has 3 rings (SSSR count). The Balaban J connectivity index is 1.77. The van der Waals surface area contributed by atoms with E-state index in [0.29, 0.717) is 0 Å². The Hall–Kier alpha value is -1.24. The normalized spacial score (nSPS) is 35.0. The third-order valence-corrected chi connectivity index (χ3v) is 3.95. The lowest BCUT2D eigenvalue weighted by molar-refractivity contribution is -0.158. The zero-order valence-corrected chi connectivity index (χ0v) is 12.0. The summed E-state index contributed by atoms with van der Waals surface area (Å²) in [6.45, 7) is 5.86. The second-order valence-electron chi connectivity index (χ2n) is 6.04. The number of hydrogen-bond acceptors (Lipinski definition) is 6. The van der Waals surface area contributed by atoms with Crippen molar-refractivity contribution in [1.29, 1.82) is 0 Å². The van der Waals surface area contributed by atoms with Crippen LogP contribution >= 0.6 is 0 Å². The molecule has 1 saturated heterocycles. The highest BCUT2D eigenvalue weighted by molar-refractivity contribution is 5.37. The predicted octanol–water partition coefficient (Wildman–Crippen LogP) is 1.10. The van der Waals surface area contributed by atoms with Gasteiger partial charge in [0.2, 0.25) is 0 Å². The Morgan fingerprint density at radius 1 is 1.35 bits per heavy atom. The van der Waals surface area contributed by atoms with Gasteiger partial charge in [-0.05, 0) is 27.2 Å². The molecule has 2 N–H and O–H groups in total. The van der Waals surface area contributed by atoms with Crippen LogP contribution in [-0.4, -0.2) is 45.7 Å². The van der Waals surface area contributed by atoms with Crippen LogP contribution in [0.3, 0.4) is 0 Å². The van der Waals surface area contributed by atoms with E-state index in [0.717, 1.165) is 17.9 Å². The third-order valence-electron chi connectivity index (χ3n) is 3.95. The number of fused-ring (bicyclic) bond motifs is 1. The second kappa shape index (κ2) is 4.95. The number of aromatic nitrogens is 2. The van der Waals surface area contributed by atoms with Crippen molar-refractivity contribution in [3.8, 4) is 0 Å². The van der Waals surface area contributed by atoms with Crippen molar-refractivity contribution in [2.75, 3.05) is 11.9 Å². The predicted molar refractivity (Wildman–Crippen MR) is 73.2 cm³/mol. The number of nitrogens with zero attached hydrogens (tertiary/aromatic N) is 2. The molecular weight excluding hydrogens is 258 g/mol. The number of rotatable bonds is 3. The van der Waals surface area contributed by atoms with Crippen molar-refractivity contribution in [1.82, 2.24) is 9.97 Å². The fourth-order valence-corrected chi connectivity index (χ4v) is 3.13. The number of aryl methyl sites for hydroxylation is 1. The second-order valence-corrected chi connectivity index (χ2v) is 6.04. The molecule has 0 aromatic carbocycles. The molecule has 6 nitrogen and oxygen atoms in total. The topological polar surface area (TPSA) is 76.5 Å². The van der Waals surface area contributed by atoms with Crippen LogP contribution in [0.15, 0.2) is 12.4 Å². The molecule has 0 spiro atoms. The van der Waals surface area contributed by atoms with Crippen molar-refractivity contribution in [2.24, 2.45) is 5.92 Å². The summed E-state index contributed by atoms with van der Waals surface area (Å²) in [7, 11) is 0. The smallest absolute Gasteiger partial charge is 0.163 e. The molecule has 2 aliphatic rings. The highest BCUT2D eigenvalue weighted by Gasteiger charge is 2.53. The van der Waals surface area contributed by atoms with Gasteiger partial charge in [-0.15, -0.1) is 0 Å². The summed E-state index contributed by atoms with van der Waals surface area (Å²) in [5.74, 6) is 0.292. The van der Waals surface area contributed by atoms with Gasteiger partial charge in [0.05, 0.1) is 12.1 Å². The maximum atomic E-state index is 9.52. The lowest BCUT2D eigenvalue weighted by Crippen LogP contribution is -2.34. The molecular formula is C14H21N3O3. The van der Waals surface area contributed by atoms with Gasteiger partial charge >= 0.3 is 0 Å². The van der Waals surface area contributed by atoms with E-state index in [1.165, 1.54) is 0 Å². The van der Waals surface area contributed by atoms with Gasteiger partial charge in [0.25, 0.3) is 0 Å². The molecule has 1 aliphatic heterocycles. The number of nitrogens with one attached hydrogen (secondary N) is 1. The fourth-order valence-electron chi connectivity index (χ4n) is 3.13. The minimum Gasteiger partial charge on any atom is -0.396 e. The maximum Gasteiger partial charge on any atom is 0.163 e. The molecule has 0 amide bonds. The third kappa shape index (κ3) is 2.51. The Kier molecular flexibility index (Phi) is 3.40. The maximum absolute atomic E-state index is 9.52. The van der Waals surface area contributed by atoms with Gasteiger partial charge in [-0.1, -0.05) is 0 Å². The van der Waals surface area contributed by atoms with Crippen LogP contribution < -0.4 is 5.32 Å². The van der Waals surface area contributed by atoms with Gasteiger partial charge in [-0.3, -0.25) is 0 Å². The molecule has 20 heavy (non-hydrogen) atoms. The number of aliphatic hydroxyl groups is 1. The molecule has 0 unspecified atom stereocenters. The first-order valence-electron chi connectivity index (χ1n) is 7.00. The minimum absolute atomic E-state index is 0.0579. The van der Waals surface area contributed by atoms with Crippen LogP contribution in [-0.2, 0) is 9.47 Å². The molecule has 6 heteroatoms. The minimum atomic E-state index is -0.593. The number of aliphatic hydroxyl groups excluding tert-OH is 1. The Morgan fingerprint density at radius 2 is 2.10 bits per heavy atom. The van der Waals surface area contributed by atoms with Crippen molar-refractivity contribution < 1.29 is 14.6 Å². The first-order chi connectivity index (χ1) is 9.48. The Labute approximate surface area is 118 Å². The molecule has 4 atom stereocenters. The van der Waals surface area contributed by atoms with E-state index in [1.807, 2.05) is 26.8 Å². The molecule has 1 saturated carbocycles. The summed E-state index contributed by atoms with van der Waals surface area (Å²) in [4.78, 5) is 8.31. The first kappa shape index (κ1) is 13.7. The van der Waals surface area contributed by atoms with E-state index in [9.17, 15) is 5.11 Å². The van der Waals surface area contributed by atoms with E-state index in [4.69, 9.17) is 9.47 Å². The quantitative estimate of drug-likeness (QED) is 0.863. The lowest BCUT2D eigenvalue weighted by atomic mass is 10.1. The molecule has 1 aromatic heterocycles. The van der Waals surface area contributed by atoms with Crippen LogP contribution in [0, 0.1) is 12.8 Å². The summed E-state index contributed by atoms with van der Waals surface area (Å²) in [6, 6.07) is 2.00. The van der Waals surface area contributed by atoms with Gasteiger partial charge in [-0.2, -0.15) is 0 Å². The van der Waals surface area contributed by atoms with Crippen LogP contribution in [0.4, 0.5) is 5.82 Å². The van der Waals surface area contributed by atoms with Crippen LogP contribution in [0.25, 0.3) is 0 Å². The van der Waals surface area contributed by atoms with Crippen molar-refractivity contribution >= 4 is 5.82 Å². The first-order valence-corrected chi connectivity index (χ1v) is 7.00. The van der Waals surface area contributed by atoms with Gasteiger partial charge in [-0.25, -0.2) is 9.97 Å². The van der Waals surface area contributed by atoms with Crippen LogP contribution in [0.5, 0.6) is 0 Å². The number of anilines is 1. The average Bonchev–Trinajstić information content (AvgIpc) is 2.84. The van der Waals surface area contributed by atoms with E-state index in [-0.39, 0.29) is 30.8 Å². The Morgan fingerprint density at radius 3 is 2.80 bits per heavy atom. The lowest BCUT2D eigenvalue weighted by Gasteiger charge is -2.23. The summed E-state index contributed by atoms with van der Waals surface area (Å²) in [5, 5.41) is 12.9. The van der Waals surface area contributed by atoms with Crippen molar-refractivity contribution in [2.45, 2.75) is 51.2 Å².